The third-order valence-corrected chi connectivity index (χ3v) is 3.80. The second-order valence-electron chi connectivity index (χ2n) is 6.07. The van der Waals surface area contributed by atoms with Crippen LogP contribution >= 0.6 is 0 Å². The van der Waals surface area contributed by atoms with Gasteiger partial charge in [-0.2, -0.15) is 0 Å². The van der Waals surface area contributed by atoms with Gasteiger partial charge < -0.3 is 15.3 Å². The predicted octanol–water partition coefficient (Wildman–Crippen LogP) is 1.19. The van der Waals surface area contributed by atoms with E-state index in [0.29, 0.717) is 12.8 Å². The topological polar surface area (TPSA) is 86.7 Å². The summed E-state index contributed by atoms with van der Waals surface area (Å²) in [4.78, 5) is 36.6. The van der Waals surface area contributed by atoms with Gasteiger partial charge in [0.15, 0.2) is 0 Å². The maximum absolute atomic E-state index is 12.1. The number of carboxylic acid groups (broad SMARTS) is 1. The molecule has 22 heavy (non-hydrogen) atoms. The summed E-state index contributed by atoms with van der Waals surface area (Å²) in [6, 6.07) is 7.50. The first-order valence-electron chi connectivity index (χ1n) is 7.19. The van der Waals surface area contributed by atoms with Crippen LogP contribution in [0.5, 0.6) is 0 Å². The summed E-state index contributed by atoms with van der Waals surface area (Å²) < 4.78 is 0. The van der Waals surface area contributed by atoms with Gasteiger partial charge in [0.2, 0.25) is 11.8 Å². The molecule has 6 heteroatoms. The van der Waals surface area contributed by atoms with Crippen molar-refractivity contribution in [3.05, 3.63) is 29.8 Å². The first kappa shape index (κ1) is 16.0. The second-order valence-corrected chi connectivity index (χ2v) is 6.07. The Hall–Kier alpha value is -2.37. The minimum Gasteiger partial charge on any atom is -0.481 e. The molecule has 1 aromatic carbocycles. The molecule has 0 unspecified atom stereocenters. The van der Waals surface area contributed by atoms with Gasteiger partial charge in [0, 0.05) is 18.7 Å². The van der Waals surface area contributed by atoms with Gasteiger partial charge in [-0.05, 0) is 31.9 Å². The Morgan fingerprint density at radius 3 is 2.64 bits per heavy atom. The molecule has 0 spiro atoms. The molecule has 0 aliphatic carbocycles. The number of aliphatic carboxylic acids is 1. The predicted molar refractivity (Wildman–Crippen MR) is 81.5 cm³/mol. The lowest BCUT2D eigenvalue weighted by Crippen LogP contribution is -2.46. The molecule has 2 rings (SSSR count). The van der Waals surface area contributed by atoms with Crippen LogP contribution in [0.2, 0.25) is 0 Å². The molecule has 1 aromatic rings. The average Bonchev–Trinajstić information content (AvgIpc) is 2.48. The van der Waals surface area contributed by atoms with Gasteiger partial charge in [0.25, 0.3) is 0 Å². The molecule has 118 valence electrons. The SMILES string of the molecule is CC(C)(CNC(=O)CN1C(=O)CCc2ccccc21)C(=O)O. The molecule has 1 aliphatic heterocycles. The van der Waals surface area contributed by atoms with Crippen molar-refractivity contribution >= 4 is 23.5 Å². The van der Waals surface area contributed by atoms with E-state index in [1.165, 1.54) is 18.7 Å². The van der Waals surface area contributed by atoms with Crippen molar-refractivity contribution in [3.8, 4) is 0 Å². The highest BCUT2D eigenvalue weighted by atomic mass is 16.4. The van der Waals surface area contributed by atoms with E-state index in [1.807, 2.05) is 24.3 Å². The number of amides is 2. The van der Waals surface area contributed by atoms with Crippen LogP contribution in [0.15, 0.2) is 24.3 Å². The Kier molecular flexibility index (Phi) is 4.49. The van der Waals surface area contributed by atoms with Gasteiger partial charge in [-0.15, -0.1) is 0 Å². The number of benzene rings is 1. The monoisotopic (exact) mass is 304 g/mol. The van der Waals surface area contributed by atoms with Gasteiger partial charge in [-0.25, -0.2) is 0 Å². The van der Waals surface area contributed by atoms with Crippen molar-refractivity contribution in [1.29, 1.82) is 0 Å². The lowest BCUT2D eigenvalue weighted by molar-refractivity contribution is -0.146. The molecular formula is C16H20N2O4. The summed E-state index contributed by atoms with van der Waals surface area (Å²) in [7, 11) is 0. The van der Waals surface area contributed by atoms with Gasteiger partial charge >= 0.3 is 5.97 Å². The number of nitrogens with one attached hydrogen (secondary N) is 1. The van der Waals surface area contributed by atoms with Crippen LogP contribution in [0, 0.1) is 5.41 Å². The number of aryl methyl sites for hydroxylation is 1. The molecule has 0 aromatic heterocycles. The number of carbonyl (C=O) groups is 3. The summed E-state index contributed by atoms with van der Waals surface area (Å²) in [6.07, 6.45) is 1.06. The van der Waals surface area contributed by atoms with Crippen molar-refractivity contribution < 1.29 is 19.5 Å². The van der Waals surface area contributed by atoms with Crippen LogP contribution < -0.4 is 10.2 Å². The molecule has 0 atom stereocenters. The lowest BCUT2D eigenvalue weighted by atomic mass is 9.94. The third kappa shape index (κ3) is 3.44. The van der Waals surface area contributed by atoms with Crippen molar-refractivity contribution in [2.45, 2.75) is 26.7 Å². The maximum Gasteiger partial charge on any atom is 0.310 e. The third-order valence-electron chi connectivity index (χ3n) is 3.80. The van der Waals surface area contributed by atoms with E-state index < -0.39 is 11.4 Å². The van der Waals surface area contributed by atoms with Crippen molar-refractivity contribution in [2.24, 2.45) is 5.41 Å². The van der Waals surface area contributed by atoms with E-state index in [4.69, 9.17) is 5.11 Å². The Balaban J connectivity index is 2.03. The molecule has 0 saturated carbocycles. The fourth-order valence-electron chi connectivity index (χ4n) is 2.26. The minimum atomic E-state index is -1.04. The summed E-state index contributed by atoms with van der Waals surface area (Å²) >= 11 is 0. The Labute approximate surface area is 129 Å². The number of para-hydroxylation sites is 1. The lowest BCUT2D eigenvalue weighted by Gasteiger charge is -2.29. The van der Waals surface area contributed by atoms with Crippen LogP contribution in [0.25, 0.3) is 0 Å². The number of rotatable bonds is 5. The van der Waals surface area contributed by atoms with Gasteiger partial charge in [0.1, 0.15) is 6.54 Å². The van der Waals surface area contributed by atoms with Gasteiger partial charge in [-0.3, -0.25) is 14.4 Å². The summed E-state index contributed by atoms with van der Waals surface area (Å²) in [6.45, 7) is 3.00. The molecule has 0 bridgehead atoms. The highest BCUT2D eigenvalue weighted by Crippen LogP contribution is 2.27. The number of carboxylic acids is 1. The number of hydrogen-bond donors (Lipinski definition) is 2. The van der Waals surface area contributed by atoms with Crippen LogP contribution in [0.1, 0.15) is 25.8 Å². The Bertz CT molecular complexity index is 610. The molecule has 0 fully saturated rings. The second kappa shape index (κ2) is 6.17. The molecule has 2 N–H and O–H groups in total. The molecule has 2 amide bonds. The molecule has 0 saturated heterocycles. The van der Waals surface area contributed by atoms with Crippen LogP contribution in [-0.4, -0.2) is 36.0 Å². The van der Waals surface area contributed by atoms with Crippen molar-refractivity contribution in [1.82, 2.24) is 5.32 Å². The first-order valence-corrected chi connectivity index (χ1v) is 7.19. The van der Waals surface area contributed by atoms with Crippen molar-refractivity contribution in [2.75, 3.05) is 18.0 Å². The molecule has 1 aliphatic rings. The normalized spacial score (nSPS) is 14.5. The molecular weight excluding hydrogens is 284 g/mol. The fourth-order valence-corrected chi connectivity index (χ4v) is 2.26. The Morgan fingerprint density at radius 2 is 1.95 bits per heavy atom. The smallest absolute Gasteiger partial charge is 0.310 e. The van der Waals surface area contributed by atoms with E-state index in [1.54, 1.807) is 0 Å². The van der Waals surface area contributed by atoms with Crippen LogP contribution in [0.3, 0.4) is 0 Å². The highest BCUT2D eigenvalue weighted by molar-refractivity contribution is 6.01. The van der Waals surface area contributed by atoms with E-state index in [2.05, 4.69) is 5.32 Å². The van der Waals surface area contributed by atoms with Crippen LogP contribution in [-0.2, 0) is 20.8 Å². The Morgan fingerprint density at radius 1 is 1.27 bits per heavy atom. The summed E-state index contributed by atoms with van der Waals surface area (Å²) in [5.74, 6) is -1.43. The number of anilines is 1. The van der Waals surface area contributed by atoms with E-state index >= 15 is 0 Å². The number of carbonyl (C=O) groups excluding carboxylic acids is 2. The quantitative estimate of drug-likeness (QED) is 0.855. The fraction of sp³-hybridized carbons (Fsp3) is 0.438. The summed E-state index contributed by atoms with van der Waals surface area (Å²) in [5, 5.41) is 11.6. The first-order chi connectivity index (χ1) is 10.3. The number of nitrogens with zero attached hydrogens (tertiary/aromatic N) is 1. The van der Waals surface area contributed by atoms with Gasteiger partial charge in [0.05, 0.1) is 5.41 Å². The standard InChI is InChI=1S/C16H20N2O4/c1-16(2,15(21)22)10-17-13(19)9-18-12-6-4-3-5-11(12)7-8-14(18)20/h3-6H,7-10H2,1-2H3,(H,17,19)(H,21,22). The van der Waals surface area contributed by atoms with E-state index in [9.17, 15) is 14.4 Å². The highest BCUT2D eigenvalue weighted by Gasteiger charge is 2.29. The van der Waals surface area contributed by atoms with Crippen LogP contribution in [0.4, 0.5) is 5.69 Å². The largest absolute Gasteiger partial charge is 0.481 e. The zero-order chi connectivity index (χ0) is 16.3. The molecule has 6 nitrogen and oxygen atoms in total. The molecule has 1 heterocycles. The number of fused-ring (bicyclic) bond motifs is 1. The van der Waals surface area contributed by atoms with E-state index in [0.717, 1.165) is 11.3 Å². The average molecular weight is 304 g/mol. The minimum absolute atomic E-state index is 0.0187. The maximum atomic E-state index is 12.1. The van der Waals surface area contributed by atoms with Crippen molar-refractivity contribution in [3.63, 3.8) is 0 Å². The van der Waals surface area contributed by atoms with E-state index in [-0.39, 0.29) is 24.9 Å². The zero-order valence-electron chi connectivity index (χ0n) is 12.8. The van der Waals surface area contributed by atoms with Gasteiger partial charge in [-0.1, -0.05) is 18.2 Å². The zero-order valence-corrected chi connectivity index (χ0v) is 12.8. The number of hydrogen-bond acceptors (Lipinski definition) is 3. The molecule has 0 radical (unpaired) electrons. The summed E-state index contributed by atoms with van der Waals surface area (Å²) in [5.41, 5.74) is 0.756.